The lowest BCUT2D eigenvalue weighted by atomic mass is 9.90. The van der Waals surface area contributed by atoms with Gasteiger partial charge in [-0.2, -0.15) is 0 Å². The minimum Gasteiger partial charge on any atom is -0.150 e. The van der Waals surface area contributed by atoms with Crippen LogP contribution in [0.2, 0.25) is 0 Å². The van der Waals surface area contributed by atoms with Crippen LogP contribution in [0.5, 0.6) is 0 Å². The van der Waals surface area contributed by atoms with Crippen LogP contribution in [0.25, 0.3) is 0 Å². The molecule has 0 saturated heterocycles. The first-order valence-electron chi connectivity index (χ1n) is 10.8. The Morgan fingerprint density at radius 3 is 0.933 bits per heavy atom. The molecule has 0 radical (unpaired) electrons. The molecular formula is C28H34N2. The molecule has 0 atom stereocenters. The largest absolute Gasteiger partial charge is 0.150 e. The second-order valence-corrected chi connectivity index (χ2v) is 9.11. The summed E-state index contributed by atoms with van der Waals surface area (Å²) in [4.78, 5) is 0. The zero-order chi connectivity index (χ0) is 22.6. The number of rotatable bonds is 6. The third-order valence-corrected chi connectivity index (χ3v) is 5.41. The zero-order valence-corrected chi connectivity index (χ0v) is 19.7. The third-order valence-electron chi connectivity index (χ3n) is 5.41. The molecule has 2 aromatic carbocycles. The monoisotopic (exact) mass is 398 g/mol. The molecule has 0 bridgehead atoms. The van der Waals surface area contributed by atoms with Gasteiger partial charge in [0.15, 0.2) is 0 Å². The molecule has 0 amide bonds. The second kappa shape index (κ2) is 9.77. The van der Waals surface area contributed by atoms with Crippen LogP contribution in [-0.4, -0.2) is 0 Å². The van der Waals surface area contributed by atoms with E-state index in [1.54, 1.807) is 0 Å². The van der Waals surface area contributed by atoms with Crippen molar-refractivity contribution in [3.8, 4) is 24.7 Å². The first kappa shape index (κ1) is 23.4. The van der Waals surface area contributed by atoms with Crippen molar-refractivity contribution in [3.63, 3.8) is 0 Å². The van der Waals surface area contributed by atoms with Gasteiger partial charge in [0.25, 0.3) is 0 Å². The van der Waals surface area contributed by atoms with Gasteiger partial charge < -0.3 is 0 Å². The summed E-state index contributed by atoms with van der Waals surface area (Å²) in [6, 6.07) is 8.27. The molecule has 0 aliphatic heterocycles. The number of benzene rings is 2. The standard InChI is InChI=1S/C28H34N2/c1-11-21-13-23(17(3)4)27(24(14-21)18(5)6)29-30-28-25(19(7)8)15-22(12-2)16-26(28)20(9)10/h1-2,13-20H,3-10H3. The van der Waals surface area contributed by atoms with Crippen LogP contribution < -0.4 is 0 Å². The summed E-state index contributed by atoms with van der Waals surface area (Å²) in [6.07, 6.45) is 11.4. The van der Waals surface area contributed by atoms with Gasteiger partial charge in [0.1, 0.15) is 0 Å². The van der Waals surface area contributed by atoms with Crippen molar-refractivity contribution in [2.75, 3.05) is 0 Å². The molecule has 2 nitrogen and oxygen atoms in total. The van der Waals surface area contributed by atoms with Gasteiger partial charge in [0.2, 0.25) is 0 Å². The molecule has 0 saturated carbocycles. The third kappa shape index (κ3) is 5.01. The molecule has 0 N–H and O–H groups in total. The van der Waals surface area contributed by atoms with E-state index >= 15 is 0 Å². The Morgan fingerprint density at radius 2 is 0.767 bits per heavy atom. The maximum Gasteiger partial charge on any atom is 0.0927 e. The summed E-state index contributed by atoms with van der Waals surface area (Å²) in [6.45, 7) is 17.3. The van der Waals surface area contributed by atoms with Gasteiger partial charge in [-0.25, -0.2) is 0 Å². The maximum absolute atomic E-state index is 5.72. The first-order valence-corrected chi connectivity index (χ1v) is 10.8. The van der Waals surface area contributed by atoms with E-state index < -0.39 is 0 Å². The van der Waals surface area contributed by atoms with Crippen molar-refractivity contribution in [2.24, 2.45) is 10.2 Å². The lowest BCUT2D eigenvalue weighted by molar-refractivity contribution is 0.818. The lowest BCUT2D eigenvalue weighted by Crippen LogP contribution is -1.99. The van der Waals surface area contributed by atoms with Gasteiger partial charge in [0.05, 0.1) is 11.4 Å². The minimum absolute atomic E-state index is 0.294. The van der Waals surface area contributed by atoms with E-state index in [-0.39, 0.29) is 0 Å². The molecule has 0 aliphatic carbocycles. The Labute approximate surface area is 183 Å². The molecule has 0 heterocycles. The van der Waals surface area contributed by atoms with Crippen LogP contribution in [0.3, 0.4) is 0 Å². The molecule has 0 fully saturated rings. The number of hydrogen-bond donors (Lipinski definition) is 0. The normalized spacial score (nSPS) is 11.7. The molecule has 0 unspecified atom stereocenters. The predicted octanol–water partition coefficient (Wildman–Crippen LogP) is 8.56. The summed E-state index contributed by atoms with van der Waals surface area (Å²) in [5, 5.41) is 9.68. The summed E-state index contributed by atoms with van der Waals surface area (Å²) >= 11 is 0. The highest BCUT2D eigenvalue weighted by Crippen LogP contribution is 2.40. The highest BCUT2D eigenvalue weighted by molar-refractivity contribution is 5.62. The summed E-state index contributed by atoms with van der Waals surface area (Å²) in [5.74, 6) is 6.75. The van der Waals surface area contributed by atoms with E-state index in [1.807, 2.05) is 0 Å². The van der Waals surface area contributed by atoms with Crippen molar-refractivity contribution in [1.29, 1.82) is 0 Å². The van der Waals surface area contributed by atoms with Gasteiger partial charge in [-0.1, -0.05) is 67.2 Å². The van der Waals surface area contributed by atoms with Gasteiger partial charge in [-0.3, -0.25) is 0 Å². The van der Waals surface area contributed by atoms with Crippen molar-refractivity contribution < 1.29 is 0 Å². The Morgan fingerprint density at radius 1 is 0.533 bits per heavy atom. The molecule has 2 rings (SSSR count). The second-order valence-electron chi connectivity index (χ2n) is 9.11. The summed E-state index contributed by atoms with van der Waals surface area (Å²) in [5.41, 5.74) is 8.20. The number of terminal acetylenes is 2. The fourth-order valence-electron chi connectivity index (χ4n) is 3.62. The van der Waals surface area contributed by atoms with E-state index in [0.29, 0.717) is 23.7 Å². The van der Waals surface area contributed by atoms with E-state index in [1.165, 1.54) is 0 Å². The molecule has 2 heteroatoms. The molecule has 156 valence electrons. The summed E-state index contributed by atoms with van der Waals surface area (Å²) < 4.78 is 0. The fourth-order valence-corrected chi connectivity index (χ4v) is 3.62. The van der Waals surface area contributed by atoms with Crippen molar-refractivity contribution >= 4 is 11.4 Å². The average molecular weight is 399 g/mol. The van der Waals surface area contributed by atoms with E-state index in [4.69, 9.17) is 23.1 Å². The molecule has 0 aliphatic rings. The molecule has 0 aromatic heterocycles. The van der Waals surface area contributed by atoms with Crippen molar-refractivity contribution in [3.05, 3.63) is 57.6 Å². The molecule has 30 heavy (non-hydrogen) atoms. The van der Waals surface area contributed by atoms with Crippen LogP contribution in [0.15, 0.2) is 34.5 Å². The van der Waals surface area contributed by atoms with Crippen LogP contribution in [0.1, 0.15) is 112 Å². The number of hydrogen-bond acceptors (Lipinski definition) is 2. The Bertz CT molecular complexity index is 880. The van der Waals surface area contributed by atoms with Gasteiger partial charge >= 0.3 is 0 Å². The van der Waals surface area contributed by atoms with E-state index in [2.05, 4.69) is 91.5 Å². The minimum atomic E-state index is 0.294. The Kier molecular flexibility index (Phi) is 7.64. The predicted molar refractivity (Wildman–Crippen MR) is 129 cm³/mol. The van der Waals surface area contributed by atoms with Gasteiger partial charge in [-0.05, 0) is 70.2 Å². The molecule has 0 spiro atoms. The zero-order valence-electron chi connectivity index (χ0n) is 19.7. The maximum atomic E-state index is 5.72. The van der Waals surface area contributed by atoms with Crippen molar-refractivity contribution in [2.45, 2.75) is 79.1 Å². The molecular weight excluding hydrogens is 364 g/mol. The van der Waals surface area contributed by atoms with Crippen LogP contribution in [-0.2, 0) is 0 Å². The molecule has 2 aromatic rings. The van der Waals surface area contributed by atoms with Gasteiger partial charge in [0, 0.05) is 11.1 Å². The lowest BCUT2D eigenvalue weighted by Gasteiger charge is -2.19. The van der Waals surface area contributed by atoms with Crippen molar-refractivity contribution in [1.82, 2.24) is 0 Å². The van der Waals surface area contributed by atoms with Crippen LogP contribution >= 0.6 is 0 Å². The summed E-state index contributed by atoms with van der Waals surface area (Å²) in [7, 11) is 0. The highest BCUT2D eigenvalue weighted by Gasteiger charge is 2.18. The fraction of sp³-hybridized carbons (Fsp3) is 0.429. The average Bonchev–Trinajstić information content (AvgIpc) is 2.70. The van der Waals surface area contributed by atoms with Crippen LogP contribution in [0, 0.1) is 24.7 Å². The quantitative estimate of drug-likeness (QED) is 0.344. The Balaban J connectivity index is 2.79. The van der Waals surface area contributed by atoms with E-state index in [9.17, 15) is 0 Å². The smallest absolute Gasteiger partial charge is 0.0927 e. The highest BCUT2D eigenvalue weighted by atomic mass is 15.1. The SMILES string of the molecule is C#Cc1cc(C(C)C)c(N=Nc2c(C(C)C)cc(C#C)cc2C(C)C)c(C(C)C)c1. The number of azo groups is 1. The topological polar surface area (TPSA) is 24.7 Å². The van der Waals surface area contributed by atoms with Gasteiger partial charge in [-0.15, -0.1) is 23.1 Å². The Hall–Kier alpha value is -2.84. The van der Waals surface area contributed by atoms with E-state index in [0.717, 1.165) is 44.8 Å². The number of nitrogens with zero attached hydrogens (tertiary/aromatic N) is 2. The first-order chi connectivity index (χ1) is 14.1. The van der Waals surface area contributed by atoms with Crippen LogP contribution in [0.4, 0.5) is 11.4 Å².